The molecule has 0 atom stereocenters. The Morgan fingerprint density at radius 3 is 1.63 bits per heavy atom. The first-order valence-corrected chi connectivity index (χ1v) is 18.5. The fourth-order valence-electron chi connectivity index (χ4n) is 8.01. The average Bonchev–Trinajstić information content (AvgIpc) is 3.59. The third-order valence-electron chi connectivity index (χ3n) is 10.6. The number of rotatable bonds is 7. The Morgan fingerprint density at radius 2 is 0.870 bits per heavy atom. The molecule has 0 aliphatic carbocycles. The van der Waals surface area contributed by atoms with Gasteiger partial charge in [-0.15, -0.1) is 0 Å². The van der Waals surface area contributed by atoms with Crippen molar-refractivity contribution in [3.05, 3.63) is 218 Å². The van der Waals surface area contributed by atoms with E-state index in [1.165, 1.54) is 49.3 Å². The molecule has 0 radical (unpaired) electrons. The zero-order valence-electron chi connectivity index (χ0n) is 29.7. The summed E-state index contributed by atoms with van der Waals surface area (Å²) in [6.45, 7) is 0. The van der Waals surface area contributed by atoms with Crippen molar-refractivity contribution in [1.82, 2.24) is 4.57 Å². The van der Waals surface area contributed by atoms with Crippen molar-refractivity contribution in [3.63, 3.8) is 0 Å². The number of aromatic nitrogens is 1. The number of hydrogen-bond acceptors (Lipinski definition) is 1. The SMILES string of the molecule is c1ccc(-c2cccc(N(c3cc(-c4ccc5ccccc5c4)ccc3-c3ccccc3)c3ccccc3-n3c4ccccc4c4ccccc43)c2)cc1. The van der Waals surface area contributed by atoms with E-state index >= 15 is 0 Å². The maximum absolute atomic E-state index is 2.47. The summed E-state index contributed by atoms with van der Waals surface area (Å²) in [5.74, 6) is 0. The molecule has 2 heteroatoms. The van der Waals surface area contributed by atoms with Crippen molar-refractivity contribution < 1.29 is 0 Å². The van der Waals surface area contributed by atoms with Crippen molar-refractivity contribution in [2.75, 3.05) is 4.90 Å². The quantitative estimate of drug-likeness (QED) is 0.162. The Balaban J connectivity index is 1.28. The smallest absolute Gasteiger partial charge is 0.0702 e. The maximum Gasteiger partial charge on any atom is 0.0702 e. The fourth-order valence-corrected chi connectivity index (χ4v) is 8.01. The third-order valence-corrected chi connectivity index (χ3v) is 10.6. The van der Waals surface area contributed by atoms with Crippen molar-refractivity contribution in [2.24, 2.45) is 0 Å². The molecule has 0 saturated heterocycles. The van der Waals surface area contributed by atoms with E-state index < -0.39 is 0 Å². The first-order chi connectivity index (χ1) is 26.8. The molecule has 0 amide bonds. The largest absolute Gasteiger partial charge is 0.308 e. The molecule has 0 saturated carbocycles. The fraction of sp³-hybridized carbons (Fsp3) is 0. The molecule has 254 valence electrons. The van der Waals surface area contributed by atoms with E-state index in [2.05, 4.69) is 228 Å². The van der Waals surface area contributed by atoms with Gasteiger partial charge in [-0.25, -0.2) is 0 Å². The highest BCUT2D eigenvalue weighted by Gasteiger charge is 2.23. The lowest BCUT2D eigenvalue weighted by molar-refractivity contribution is 1.15. The molecular weight excluding hydrogens is 653 g/mol. The Kier molecular flexibility index (Phi) is 7.85. The molecule has 10 rings (SSSR count). The van der Waals surface area contributed by atoms with Crippen molar-refractivity contribution >= 4 is 49.6 Å². The summed E-state index contributed by atoms with van der Waals surface area (Å²) in [5.41, 5.74) is 13.7. The van der Waals surface area contributed by atoms with Gasteiger partial charge in [-0.3, -0.25) is 0 Å². The Morgan fingerprint density at radius 1 is 0.315 bits per heavy atom. The summed E-state index contributed by atoms with van der Waals surface area (Å²) >= 11 is 0. The van der Waals surface area contributed by atoms with Gasteiger partial charge in [0.1, 0.15) is 0 Å². The first-order valence-electron chi connectivity index (χ1n) is 18.5. The molecule has 9 aromatic carbocycles. The number of hydrogen-bond donors (Lipinski definition) is 0. The summed E-state index contributed by atoms with van der Waals surface area (Å²) in [6.07, 6.45) is 0. The number of fused-ring (bicyclic) bond motifs is 4. The highest BCUT2D eigenvalue weighted by molar-refractivity contribution is 6.10. The number of nitrogens with zero attached hydrogens (tertiary/aromatic N) is 2. The van der Waals surface area contributed by atoms with Crippen LogP contribution in [-0.2, 0) is 0 Å². The summed E-state index contributed by atoms with van der Waals surface area (Å²) in [7, 11) is 0. The molecule has 0 aliphatic rings. The normalized spacial score (nSPS) is 11.3. The summed E-state index contributed by atoms with van der Waals surface area (Å²) in [4.78, 5) is 2.47. The summed E-state index contributed by atoms with van der Waals surface area (Å²) < 4.78 is 2.43. The van der Waals surface area contributed by atoms with Gasteiger partial charge < -0.3 is 9.47 Å². The van der Waals surface area contributed by atoms with E-state index in [1.807, 2.05) is 0 Å². The van der Waals surface area contributed by atoms with Crippen molar-refractivity contribution in [3.8, 4) is 39.1 Å². The number of benzene rings is 9. The molecule has 1 heterocycles. The molecule has 0 N–H and O–H groups in total. The Bertz CT molecular complexity index is 2890. The van der Waals surface area contributed by atoms with E-state index in [9.17, 15) is 0 Å². The molecular formula is C52H36N2. The predicted octanol–water partition coefficient (Wildman–Crippen LogP) is 14.4. The van der Waals surface area contributed by atoms with Crippen LogP contribution < -0.4 is 4.90 Å². The van der Waals surface area contributed by atoms with Crippen LogP contribution in [0.5, 0.6) is 0 Å². The second-order valence-electron chi connectivity index (χ2n) is 13.8. The van der Waals surface area contributed by atoms with Crippen LogP contribution in [0.1, 0.15) is 0 Å². The second kappa shape index (κ2) is 13.4. The number of anilines is 3. The van der Waals surface area contributed by atoms with E-state index in [1.54, 1.807) is 0 Å². The Labute approximate surface area is 315 Å². The van der Waals surface area contributed by atoms with Gasteiger partial charge in [-0.05, 0) is 87.1 Å². The first kappa shape index (κ1) is 31.6. The van der Waals surface area contributed by atoms with Crippen LogP contribution in [0.25, 0.3) is 71.6 Å². The van der Waals surface area contributed by atoms with E-state index in [4.69, 9.17) is 0 Å². The monoisotopic (exact) mass is 688 g/mol. The predicted molar refractivity (Wildman–Crippen MR) is 229 cm³/mol. The van der Waals surface area contributed by atoms with Gasteiger partial charge in [-0.2, -0.15) is 0 Å². The molecule has 0 spiro atoms. The van der Waals surface area contributed by atoms with Gasteiger partial charge in [0.15, 0.2) is 0 Å². The van der Waals surface area contributed by atoms with Gasteiger partial charge in [0.25, 0.3) is 0 Å². The zero-order chi connectivity index (χ0) is 35.8. The van der Waals surface area contributed by atoms with Crippen LogP contribution in [0, 0.1) is 0 Å². The van der Waals surface area contributed by atoms with Crippen LogP contribution in [0.15, 0.2) is 218 Å². The molecule has 0 aliphatic heterocycles. The van der Waals surface area contributed by atoms with Crippen LogP contribution in [0.4, 0.5) is 17.1 Å². The van der Waals surface area contributed by atoms with E-state index in [-0.39, 0.29) is 0 Å². The molecule has 2 nitrogen and oxygen atoms in total. The topological polar surface area (TPSA) is 8.17 Å². The summed E-state index contributed by atoms with van der Waals surface area (Å²) in [5, 5.41) is 4.95. The zero-order valence-corrected chi connectivity index (χ0v) is 29.7. The van der Waals surface area contributed by atoms with Crippen molar-refractivity contribution in [2.45, 2.75) is 0 Å². The lowest BCUT2D eigenvalue weighted by Gasteiger charge is -2.31. The summed E-state index contributed by atoms with van der Waals surface area (Å²) in [6, 6.07) is 79.1. The van der Waals surface area contributed by atoms with Gasteiger partial charge >= 0.3 is 0 Å². The lowest BCUT2D eigenvalue weighted by Crippen LogP contribution is -2.14. The van der Waals surface area contributed by atoms with Crippen LogP contribution in [0.2, 0.25) is 0 Å². The highest BCUT2D eigenvalue weighted by atomic mass is 15.2. The highest BCUT2D eigenvalue weighted by Crippen LogP contribution is 2.47. The standard InChI is InChI=1S/C52H36N2/c1-3-16-37(17-4-1)41-22-15-23-44(35-41)53(50-28-13-14-29-51(50)54-48-26-11-9-24-46(48)47-25-10-12-27-49(47)54)52-36-43(32-33-45(52)39-19-5-2-6-20-39)42-31-30-38-18-7-8-21-40(38)34-42/h1-36H. The van der Waals surface area contributed by atoms with Crippen LogP contribution >= 0.6 is 0 Å². The molecule has 10 aromatic rings. The van der Waals surface area contributed by atoms with Gasteiger partial charge in [0.2, 0.25) is 0 Å². The minimum atomic E-state index is 1.08. The molecule has 54 heavy (non-hydrogen) atoms. The number of para-hydroxylation sites is 4. The van der Waals surface area contributed by atoms with Gasteiger partial charge in [0, 0.05) is 22.0 Å². The average molecular weight is 689 g/mol. The van der Waals surface area contributed by atoms with E-state index in [0.717, 1.165) is 39.4 Å². The third kappa shape index (κ3) is 5.53. The van der Waals surface area contributed by atoms with Crippen molar-refractivity contribution in [1.29, 1.82) is 0 Å². The molecule has 1 aromatic heterocycles. The Hall–Kier alpha value is -7.16. The second-order valence-corrected chi connectivity index (χ2v) is 13.8. The van der Waals surface area contributed by atoms with E-state index in [0.29, 0.717) is 0 Å². The molecule has 0 fully saturated rings. The lowest BCUT2D eigenvalue weighted by atomic mass is 9.95. The minimum Gasteiger partial charge on any atom is -0.308 e. The molecule has 0 bridgehead atoms. The van der Waals surface area contributed by atoms with Crippen LogP contribution in [0.3, 0.4) is 0 Å². The van der Waals surface area contributed by atoms with Gasteiger partial charge in [0.05, 0.1) is 28.1 Å². The molecule has 0 unspecified atom stereocenters. The van der Waals surface area contributed by atoms with Crippen LogP contribution in [-0.4, -0.2) is 4.57 Å². The van der Waals surface area contributed by atoms with Gasteiger partial charge in [-0.1, -0.05) is 170 Å². The maximum atomic E-state index is 2.47. The minimum absolute atomic E-state index is 1.08.